The maximum absolute atomic E-state index is 10.9. The highest BCUT2D eigenvalue weighted by Gasteiger charge is 2.32. The highest BCUT2D eigenvalue weighted by atomic mass is 16.4. The minimum atomic E-state index is -0.965. The van der Waals surface area contributed by atoms with Crippen LogP contribution < -0.4 is 0 Å². The number of aliphatic carboxylic acids is 3. The summed E-state index contributed by atoms with van der Waals surface area (Å²) in [4.78, 5) is 32.8. The third-order valence-electron chi connectivity index (χ3n) is 4.03. The van der Waals surface area contributed by atoms with Gasteiger partial charge in [0.05, 0.1) is 0 Å². The molecule has 0 saturated carbocycles. The summed E-state index contributed by atoms with van der Waals surface area (Å²) >= 11 is 0. The first-order valence-corrected chi connectivity index (χ1v) is 7.52. The van der Waals surface area contributed by atoms with E-state index in [1.54, 1.807) is 0 Å². The lowest BCUT2D eigenvalue weighted by molar-refractivity contribution is -0.138. The smallest absolute Gasteiger partial charge is 0.303 e. The van der Waals surface area contributed by atoms with Crippen LogP contribution in [0.25, 0.3) is 0 Å². The Bertz CT molecular complexity index is 492. The van der Waals surface area contributed by atoms with Crippen molar-refractivity contribution in [2.45, 2.75) is 44.9 Å². The van der Waals surface area contributed by atoms with Crippen molar-refractivity contribution in [3.05, 3.63) is 35.9 Å². The van der Waals surface area contributed by atoms with E-state index in [0.29, 0.717) is 6.42 Å². The lowest BCUT2D eigenvalue weighted by Gasteiger charge is -2.33. The molecule has 0 heterocycles. The highest BCUT2D eigenvalue weighted by molar-refractivity contribution is 5.68. The highest BCUT2D eigenvalue weighted by Crippen LogP contribution is 2.38. The molecule has 0 spiro atoms. The molecule has 1 aromatic rings. The first-order valence-electron chi connectivity index (χ1n) is 7.52. The molecule has 0 unspecified atom stereocenters. The second kappa shape index (κ2) is 8.92. The number of hydrogen-bond acceptors (Lipinski definition) is 3. The van der Waals surface area contributed by atoms with Crippen molar-refractivity contribution in [1.29, 1.82) is 0 Å². The predicted octanol–water partition coefficient (Wildman–Crippen LogP) is 2.81. The standard InChI is InChI=1S/C17H22O6/c18-14(19)6-9-17(10-7-15(20)21,11-8-16(22)23)12-13-4-2-1-3-5-13/h1-5H,6-12H2,(H,18,19)(H,20,21)(H,22,23). The summed E-state index contributed by atoms with van der Waals surface area (Å²) in [6.07, 6.45) is 0.944. The SMILES string of the molecule is O=C(O)CCC(CCC(=O)O)(CCC(=O)O)Cc1ccccc1. The van der Waals surface area contributed by atoms with Crippen molar-refractivity contribution in [3.63, 3.8) is 0 Å². The Morgan fingerprint density at radius 3 is 1.48 bits per heavy atom. The van der Waals surface area contributed by atoms with Crippen LogP contribution >= 0.6 is 0 Å². The fourth-order valence-electron chi connectivity index (χ4n) is 2.79. The van der Waals surface area contributed by atoms with Crippen molar-refractivity contribution in [2.24, 2.45) is 5.41 Å². The van der Waals surface area contributed by atoms with Crippen molar-refractivity contribution < 1.29 is 29.7 Å². The minimum absolute atomic E-state index is 0.105. The third-order valence-corrected chi connectivity index (χ3v) is 4.03. The van der Waals surface area contributed by atoms with Crippen LogP contribution in [-0.2, 0) is 20.8 Å². The zero-order valence-electron chi connectivity index (χ0n) is 12.9. The van der Waals surface area contributed by atoms with Crippen LogP contribution in [-0.4, -0.2) is 33.2 Å². The normalized spacial score (nSPS) is 11.1. The quantitative estimate of drug-likeness (QED) is 0.577. The molecule has 0 aliphatic rings. The van der Waals surface area contributed by atoms with Crippen molar-refractivity contribution >= 4 is 17.9 Å². The molecule has 0 amide bonds. The number of carbonyl (C=O) groups is 3. The van der Waals surface area contributed by atoms with Crippen LogP contribution in [0.5, 0.6) is 0 Å². The average molecular weight is 322 g/mol. The first kappa shape index (κ1) is 18.7. The molecule has 0 aliphatic heterocycles. The molecule has 0 saturated heterocycles. The maximum atomic E-state index is 10.9. The summed E-state index contributed by atoms with van der Waals surface area (Å²) in [5, 5.41) is 26.9. The molecular formula is C17H22O6. The monoisotopic (exact) mass is 322 g/mol. The van der Waals surface area contributed by atoms with Crippen molar-refractivity contribution in [2.75, 3.05) is 0 Å². The fraction of sp³-hybridized carbons (Fsp3) is 0.471. The molecule has 0 fully saturated rings. The molecule has 126 valence electrons. The van der Waals surface area contributed by atoms with Gasteiger partial charge in [-0.15, -0.1) is 0 Å². The van der Waals surface area contributed by atoms with Crippen LogP contribution in [0, 0.1) is 5.41 Å². The zero-order valence-corrected chi connectivity index (χ0v) is 12.9. The predicted molar refractivity (Wildman–Crippen MR) is 83.2 cm³/mol. The molecular weight excluding hydrogens is 300 g/mol. The van der Waals surface area contributed by atoms with Gasteiger partial charge in [-0.25, -0.2) is 0 Å². The van der Waals surface area contributed by atoms with E-state index in [2.05, 4.69) is 0 Å². The molecule has 6 heteroatoms. The van der Waals surface area contributed by atoms with E-state index >= 15 is 0 Å². The molecule has 1 rings (SSSR count). The third kappa shape index (κ3) is 7.44. The van der Waals surface area contributed by atoms with Crippen LogP contribution in [0.3, 0.4) is 0 Å². The molecule has 6 nitrogen and oxygen atoms in total. The van der Waals surface area contributed by atoms with Gasteiger partial charge in [0.2, 0.25) is 0 Å². The molecule has 3 N–H and O–H groups in total. The van der Waals surface area contributed by atoms with E-state index in [4.69, 9.17) is 15.3 Å². The Kier molecular flexibility index (Phi) is 7.25. The van der Waals surface area contributed by atoms with Gasteiger partial charge in [-0.1, -0.05) is 30.3 Å². The van der Waals surface area contributed by atoms with Crippen LogP contribution in [0.15, 0.2) is 30.3 Å². The molecule has 0 bridgehead atoms. The lowest BCUT2D eigenvalue weighted by atomic mass is 9.71. The summed E-state index contributed by atoms with van der Waals surface area (Å²) in [7, 11) is 0. The Hall–Kier alpha value is -2.37. The van der Waals surface area contributed by atoms with Crippen molar-refractivity contribution in [3.8, 4) is 0 Å². The molecule has 1 aromatic carbocycles. The van der Waals surface area contributed by atoms with Gasteiger partial charge in [-0.3, -0.25) is 14.4 Å². The largest absolute Gasteiger partial charge is 0.481 e. The maximum Gasteiger partial charge on any atom is 0.303 e. The first-order chi connectivity index (χ1) is 10.8. The van der Waals surface area contributed by atoms with E-state index in [-0.39, 0.29) is 38.5 Å². The summed E-state index contributed by atoms with van der Waals surface area (Å²) in [5.74, 6) is -2.89. The van der Waals surface area contributed by atoms with Gasteiger partial charge in [-0.05, 0) is 36.7 Å². The van der Waals surface area contributed by atoms with E-state index in [1.807, 2.05) is 30.3 Å². The summed E-state index contributed by atoms with van der Waals surface area (Å²) < 4.78 is 0. The molecule has 0 aliphatic carbocycles. The summed E-state index contributed by atoms with van der Waals surface area (Å²) in [5.41, 5.74) is 0.310. The topological polar surface area (TPSA) is 112 Å². The summed E-state index contributed by atoms with van der Waals surface area (Å²) in [6, 6.07) is 9.34. The lowest BCUT2D eigenvalue weighted by Crippen LogP contribution is -2.27. The molecule has 0 atom stereocenters. The summed E-state index contributed by atoms with van der Waals surface area (Å²) in [6.45, 7) is 0. The van der Waals surface area contributed by atoms with Gasteiger partial charge in [0, 0.05) is 19.3 Å². The fourth-order valence-corrected chi connectivity index (χ4v) is 2.79. The second-order valence-electron chi connectivity index (χ2n) is 5.84. The van der Waals surface area contributed by atoms with Gasteiger partial charge in [-0.2, -0.15) is 0 Å². The van der Waals surface area contributed by atoms with Gasteiger partial charge in [0.1, 0.15) is 0 Å². The second-order valence-corrected chi connectivity index (χ2v) is 5.84. The number of carboxylic acids is 3. The molecule has 0 radical (unpaired) electrons. The Labute approximate surface area is 134 Å². The van der Waals surface area contributed by atoms with E-state index in [0.717, 1.165) is 5.56 Å². The van der Waals surface area contributed by atoms with Gasteiger partial charge in [0.15, 0.2) is 0 Å². The van der Waals surface area contributed by atoms with Crippen LogP contribution in [0.2, 0.25) is 0 Å². The Morgan fingerprint density at radius 2 is 1.13 bits per heavy atom. The number of rotatable bonds is 11. The minimum Gasteiger partial charge on any atom is -0.481 e. The number of benzene rings is 1. The van der Waals surface area contributed by atoms with E-state index < -0.39 is 23.3 Å². The Balaban J connectivity index is 2.99. The number of carboxylic acid groups (broad SMARTS) is 3. The average Bonchev–Trinajstić information content (AvgIpc) is 2.49. The van der Waals surface area contributed by atoms with Gasteiger partial charge < -0.3 is 15.3 Å². The van der Waals surface area contributed by atoms with Crippen LogP contribution in [0.1, 0.15) is 44.1 Å². The molecule has 23 heavy (non-hydrogen) atoms. The van der Waals surface area contributed by atoms with E-state index in [9.17, 15) is 14.4 Å². The van der Waals surface area contributed by atoms with Crippen LogP contribution in [0.4, 0.5) is 0 Å². The molecule has 0 aromatic heterocycles. The van der Waals surface area contributed by atoms with E-state index in [1.165, 1.54) is 0 Å². The Morgan fingerprint density at radius 1 is 0.739 bits per heavy atom. The van der Waals surface area contributed by atoms with Gasteiger partial charge in [0.25, 0.3) is 0 Å². The number of hydrogen-bond donors (Lipinski definition) is 3. The van der Waals surface area contributed by atoms with Crippen molar-refractivity contribution in [1.82, 2.24) is 0 Å². The zero-order chi connectivity index (χ0) is 17.3. The van der Waals surface area contributed by atoms with Gasteiger partial charge >= 0.3 is 17.9 Å².